The van der Waals surface area contributed by atoms with E-state index in [1.807, 2.05) is 57.9 Å². The molecule has 10 nitrogen and oxygen atoms in total. The second-order valence-corrected chi connectivity index (χ2v) is 18.7. The Bertz CT molecular complexity index is 3330. The van der Waals surface area contributed by atoms with Crippen molar-refractivity contribution in [2.24, 2.45) is 0 Å². The Labute approximate surface area is 443 Å². The summed E-state index contributed by atoms with van der Waals surface area (Å²) >= 11 is 24.6. The molecule has 3 heterocycles. The molecule has 7 aromatic carbocycles. The molecule has 9 aromatic rings. The molecule has 0 amide bonds. The molecule has 2 N–H and O–H groups in total. The van der Waals surface area contributed by atoms with Gasteiger partial charge in [0.2, 0.25) is 0 Å². The maximum Gasteiger partial charge on any atom is 0.335 e. The van der Waals surface area contributed by atoms with E-state index in [0.29, 0.717) is 33.2 Å². The lowest BCUT2D eigenvalue weighted by molar-refractivity contribution is 0.0686. The molecule has 368 valence electrons. The van der Waals surface area contributed by atoms with Gasteiger partial charge in [0, 0.05) is 65.4 Å². The Hall–Kier alpha value is -7.44. The zero-order valence-electron chi connectivity index (χ0n) is 39.6. The third-order valence-corrected chi connectivity index (χ3v) is 12.9. The number of aromatic nitrogens is 4. The topological polar surface area (TPSA) is 123 Å². The molecule has 0 aliphatic carbocycles. The molecule has 73 heavy (non-hydrogen) atoms. The van der Waals surface area contributed by atoms with E-state index in [0.717, 1.165) is 71.3 Å². The minimum absolute atomic E-state index is 0.257. The van der Waals surface area contributed by atoms with Crippen LogP contribution in [-0.2, 0) is 17.8 Å². The highest BCUT2D eigenvalue weighted by Crippen LogP contribution is 2.32. The van der Waals surface area contributed by atoms with Crippen molar-refractivity contribution < 1.29 is 24.5 Å². The first-order chi connectivity index (χ1) is 35.3. The predicted octanol–water partition coefficient (Wildman–Crippen LogP) is 14.9. The Balaban J connectivity index is 0.000000153. The van der Waals surface area contributed by atoms with Crippen LogP contribution in [-0.4, -0.2) is 67.6 Å². The minimum atomic E-state index is -0.944. The first-order valence-corrected chi connectivity index (χ1v) is 24.7. The van der Waals surface area contributed by atoms with Gasteiger partial charge in [0.05, 0.1) is 52.1 Å². The maximum absolute atomic E-state index is 11.1. The summed E-state index contributed by atoms with van der Waals surface area (Å²) in [6, 6.07) is 51.7. The number of carboxylic acid groups (broad SMARTS) is 2. The number of nitrogens with zero attached hydrogens (tertiary/aromatic N) is 5. The number of carboxylic acids is 2. The molecular formula is C59H49Cl4N5O5. The van der Waals surface area contributed by atoms with Gasteiger partial charge in [-0.05, 0) is 114 Å². The van der Waals surface area contributed by atoms with Gasteiger partial charge in [-0.15, -0.1) is 0 Å². The van der Waals surface area contributed by atoms with Crippen molar-refractivity contribution in [2.75, 3.05) is 31.2 Å². The van der Waals surface area contributed by atoms with E-state index in [4.69, 9.17) is 66.3 Å². The van der Waals surface area contributed by atoms with Crippen molar-refractivity contribution in [3.8, 4) is 33.6 Å². The summed E-state index contributed by atoms with van der Waals surface area (Å²) in [7, 11) is 0. The Morgan fingerprint density at radius 3 is 1.77 bits per heavy atom. The number of aromatic carboxylic acids is 2. The quantitative estimate of drug-likeness (QED) is 0.124. The van der Waals surface area contributed by atoms with E-state index >= 15 is 0 Å². The van der Waals surface area contributed by atoms with Crippen LogP contribution in [0.4, 0.5) is 5.69 Å². The van der Waals surface area contributed by atoms with Crippen molar-refractivity contribution in [3.63, 3.8) is 0 Å². The Morgan fingerprint density at radius 1 is 0.603 bits per heavy atom. The summed E-state index contributed by atoms with van der Waals surface area (Å²) in [5, 5.41) is 20.3. The van der Waals surface area contributed by atoms with Gasteiger partial charge < -0.3 is 29.0 Å². The monoisotopic (exact) mass is 1050 g/mol. The summed E-state index contributed by atoms with van der Waals surface area (Å²) in [6.45, 7) is 6.81. The number of halogens is 4. The van der Waals surface area contributed by atoms with E-state index < -0.39 is 11.9 Å². The summed E-state index contributed by atoms with van der Waals surface area (Å²) in [6.07, 6.45) is 9.52. The molecule has 1 aliphatic rings. The highest BCUT2D eigenvalue weighted by atomic mass is 35.5. The lowest BCUT2D eigenvalue weighted by atomic mass is 10.0. The molecule has 0 radical (unpaired) electrons. The molecule has 0 spiro atoms. The molecule has 1 fully saturated rings. The van der Waals surface area contributed by atoms with E-state index in [1.54, 1.807) is 67.0 Å². The fourth-order valence-electron chi connectivity index (χ4n) is 7.90. The molecule has 10 rings (SSSR count). The normalized spacial score (nSPS) is 12.2. The number of hydrogen-bond donors (Lipinski definition) is 2. The number of rotatable bonds is 12. The fourth-order valence-corrected chi connectivity index (χ4v) is 8.91. The number of carbonyl (C=O) groups is 2. The van der Waals surface area contributed by atoms with Gasteiger partial charge in [-0.3, -0.25) is 0 Å². The molecule has 14 heteroatoms. The SMILES string of the molecule is Cc1ccc(/C=C/c2nc(-c3ccc(Cl)cc3Cl)cn2Cc2ccc(C(=O)O)cc2)cc1.O=C(O)c1ccc(Cn2cnc(-c3ccc(Cl)cc3Cl)c2)cc1.c1ccc(-c2cccc(N3CCOCC3)c2)cc1. The number of aryl methyl sites for hydroxylation is 1. The second-order valence-electron chi connectivity index (χ2n) is 17.1. The third-order valence-electron chi connectivity index (χ3n) is 11.8. The van der Waals surface area contributed by atoms with Crippen LogP contribution in [0.5, 0.6) is 0 Å². The number of ether oxygens (including phenoxy) is 1. The molecule has 0 unspecified atom stereocenters. The molecular weight excluding hydrogens is 1000 g/mol. The number of hydrogen-bond acceptors (Lipinski definition) is 6. The zero-order valence-corrected chi connectivity index (χ0v) is 42.6. The average Bonchev–Trinajstić information content (AvgIpc) is 4.04. The summed E-state index contributed by atoms with van der Waals surface area (Å²) in [4.78, 5) is 33.5. The molecule has 0 atom stereocenters. The van der Waals surface area contributed by atoms with Crippen LogP contribution < -0.4 is 4.90 Å². The minimum Gasteiger partial charge on any atom is -0.478 e. The molecule has 1 aliphatic heterocycles. The van der Waals surface area contributed by atoms with Crippen molar-refractivity contribution in [3.05, 3.63) is 242 Å². The van der Waals surface area contributed by atoms with Crippen LogP contribution in [0.25, 0.3) is 45.8 Å². The Morgan fingerprint density at radius 2 is 1.18 bits per heavy atom. The number of imidazole rings is 2. The van der Waals surface area contributed by atoms with Gasteiger partial charge in [-0.25, -0.2) is 19.6 Å². The fraction of sp³-hybridized carbons (Fsp3) is 0.119. The van der Waals surface area contributed by atoms with Crippen LogP contribution in [0.2, 0.25) is 20.1 Å². The van der Waals surface area contributed by atoms with Gasteiger partial charge in [0.25, 0.3) is 0 Å². The number of morpholine rings is 1. The van der Waals surface area contributed by atoms with E-state index in [9.17, 15) is 9.59 Å². The molecule has 0 bridgehead atoms. The van der Waals surface area contributed by atoms with Gasteiger partial charge in [-0.2, -0.15) is 0 Å². The molecule has 0 saturated carbocycles. The van der Waals surface area contributed by atoms with E-state index in [-0.39, 0.29) is 11.1 Å². The Kier molecular flexibility index (Phi) is 17.6. The maximum atomic E-state index is 11.1. The number of anilines is 1. The first kappa shape index (κ1) is 51.9. The van der Waals surface area contributed by atoms with Crippen LogP contribution >= 0.6 is 46.4 Å². The lowest BCUT2D eigenvalue weighted by Crippen LogP contribution is -2.36. The van der Waals surface area contributed by atoms with Crippen LogP contribution in [0, 0.1) is 6.92 Å². The predicted molar refractivity (Wildman–Crippen MR) is 295 cm³/mol. The first-order valence-electron chi connectivity index (χ1n) is 23.2. The van der Waals surface area contributed by atoms with Crippen molar-refractivity contribution in [1.82, 2.24) is 19.1 Å². The average molecular weight is 1050 g/mol. The standard InChI is InChI=1S/C26H20Cl2N2O2.C17H12Cl2N2O2.C16H17NO/c1-17-2-4-18(5-3-17)8-13-25-29-24(22-12-11-21(27)14-23(22)28)16-30(25)15-19-6-9-20(10-7-19)26(31)32;18-13-5-6-14(15(19)7-13)16-9-21(10-20-16)8-11-1-3-12(4-2-11)17(22)23;1-2-5-14(6-3-1)15-7-4-8-16(13-15)17-9-11-18-12-10-17/h2-14,16H,15H2,1H3,(H,31,32);1-7,9-10H,8H2,(H,22,23);1-8,13H,9-12H2/b13-8+;;. The van der Waals surface area contributed by atoms with Crippen LogP contribution in [0.1, 0.15) is 48.8 Å². The van der Waals surface area contributed by atoms with Gasteiger partial charge in [0.1, 0.15) is 5.82 Å². The smallest absolute Gasteiger partial charge is 0.335 e. The van der Waals surface area contributed by atoms with Crippen molar-refractivity contribution in [1.29, 1.82) is 0 Å². The molecule has 2 aromatic heterocycles. The van der Waals surface area contributed by atoms with E-state index in [2.05, 4.69) is 95.7 Å². The summed E-state index contributed by atoms with van der Waals surface area (Å²) in [5.74, 6) is -1.12. The summed E-state index contributed by atoms with van der Waals surface area (Å²) < 4.78 is 9.32. The zero-order chi connectivity index (χ0) is 51.3. The highest BCUT2D eigenvalue weighted by Gasteiger charge is 2.14. The van der Waals surface area contributed by atoms with Crippen LogP contribution in [0.3, 0.4) is 0 Å². The van der Waals surface area contributed by atoms with Crippen molar-refractivity contribution in [2.45, 2.75) is 20.0 Å². The largest absolute Gasteiger partial charge is 0.478 e. The molecule has 1 saturated heterocycles. The van der Waals surface area contributed by atoms with Gasteiger partial charge in [-0.1, -0.05) is 149 Å². The van der Waals surface area contributed by atoms with Crippen molar-refractivity contribution >= 4 is 76.2 Å². The highest BCUT2D eigenvalue weighted by molar-refractivity contribution is 6.37. The number of benzene rings is 7. The third kappa shape index (κ3) is 14.4. The van der Waals surface area contributed by atoms with Gasteiger partial charge in [0.15, 0.2) is 0 Å². The van der Waals surface area contributed by atoms with E-state index in [1.165, 1.54) is 22.4 Å². The van der Waals surface area contributed by atoms with Crippen LogP contribution in [0.15, 0.2) is 183 Å². The van der Waals surface area contributed by atoms with Gasteiger partial charge >= 0.3 is 11.9 Å². The lowest BCUT2D eigenvalue weighted by Gasteiger charge is -2.29. The second kappa shape index (κ2) is 24.8. The summed E-state index contributed by atoms with van der Waals surface area (Å²) in [5.41, 5.74) is 11.7.